The second-order valence-corrected chi connectivity index (χ2v) is 4.88. The average molecular weight is 240 g/mol. The molecule has 0 amide bonds. The maximum atomic E-state index is 10.3. The molecular weight excluding hydrogens is 224 g/mol. The second kappa shape index (κ2) is 4.86. The quantitative estimate of drug-likeness (QED) is 0.897. The van der Waals surface area contributed by atoms with E-state index in [0.29, 0.717) is 5.92 Å². The van der Waals surface area contributed by atoms with Crippen LogP contribution in [-0.4, -0.2) is 15.3 Å². The fourth-order valence-electron chi connectivity index (χ4n) is 2.38. The van der Waals surface area contributed by atoms with Crippen molar-refractivity contribution >= 4 is 0 Å². The van der Waals surface area contributed by atoms with Crippen LogP contribution >= 0.6 is 0 Å². The highest BCUT2D eigenvalue weighted by Crippen LogP contribution is 2.37. The molecule has 1 heterocycles. The molecule has 0 bridgehead atoms. The molecule has 18 heavy (non-hydrogen) atoms. The van der Waals surface area contributed by atoms with Crippen LogP contribution in [0.1, 0.15) is 48.0 Å². The van der Waals surface area contributed by atoms with Crippen LogP contribution in [-0.2, 0) is 0 Å². The summed E-state index contributed by atoms with van der Waals surface area (Å²) < 4.78 is 0. The van der Waals surface area contributed by atoms with E-state index in [4.69, 9.17) is 0 Å². The lowest BCUT2D eigenvalue weighted by Crippen LogP contribution is -2.09. The highest BCUT2D eigenvalue weighted by atomic mass is 16.3. The third-order valence-corrected chi connectivity index (χ3v) is 3.73. The Balaban J connectivity index is 1.87. The molecule has 92 valence electrons. The fourth-order valence-corrected chi connectivity index (χ4v) is 2.38. The second-order valence-electron chi connectivity index (χ2n) is 4.88. The predicted octanol–water partition coefficient (Wildman–Crippen LogP) is 2.83. The first-order chi connectivity index (χ1) is 8.84. The van der Waals surface area contributed by atoms with Gasteiger partial charge in [-0.3, -0.25) is 0 Å². The summed E-state index contributed by atoms with van der Waals surface area (Å²) in [6.45, 7) is 0. The molecule has 1 aromatic heterocycles. The lowest BCUT2D eigenvalue weighted by molar-refractivity contribution is 0.219. The van der Waals surface area contributed by atoms with Crippen LogP contribution in [0, 0.1) is 0 Å². The Morgan fingerprint density at radius 1 is 1.11 bits per heavy atom. The van der Waals surface area contributed by atoms with Crippen molar-refractivity contribution in [1.29, 1.82) is 0 Å². The number of nitrogens with zero attached hydrogens (tertiary/aromatic N) is 2. The summed E-state index contributed by atoms with van der Waals surface area (Å²) >= 11 is 0. The summed E-state index contributed by atoms with van der Waals surface area (Å²) in [6, 6.07) is 10.1. The molecule has 1 fully saturated rings. The Labute approximate surface area is 107 Å². The summed E-state index contributed by atoms with van der Waals surface area (Å²) in [6.07, 6.45) is 6.48. The predicted molar refractivity (Wildman–Crippen MR) is 69.1 cm³/mol. The summed E-state index contributed by atoms with van der Waals surface area (Å²) in [5.74, 6) is 0.688. The molecule has 1 atom stereocenters. The minimum Gasteiger partial charge on any atom is -0.384 e. The van der Waals surface area contributed by atoms with Gasteiger partial charge >= 0.3 is 0 Å². The fraction of sp³-hybridized carbons (Fsp3) is 0.333. The van der Waals surface area contributed by atoms with Crippen molar-refractivity contribution in [3.63, 3.8) is 0 Å². The van der Waals surface area contributed by atoms with E-state index in [9.17, 15) is 5.11 Å². The van der Waals surface area contributed by atoms with E-state index in [1.165, 1.54) is 24.8 Å². The van der Waals surface area contributed by atoms with Gasteiger partial charge < -0.3 is 5.11 Å². The minimum atomic E-state index is -0.611. The van der Waals surface area contributed by atoms with Crippen molar-refractivity contribution < 1.29 is 5.11 Å². The Kier molecular flexibility index (Phi) is 3.07. The van der Waals surface area contributed by atoms with Gasteiger partial charge in [0.2, 0.25) is 0 Å². The van der Waals surface area contributed by atoms with Gasteiger partial charge in [-0.25, -0.2) is 0 Å². The minimum absolute atomic E-state index is 0.611. The van der Waals surface area contributed by atoms with Crippen LogP contribution in [0.3, 0.4) is 0 Å². The van der Waals surface area contributed by atoms with Crippen molar-refractivity contribution in [2.24, 2.45) is 0 Å². The van der Waals surface area contributed by atoms with Gasteiger partial charge in [-0.1, -0.05) is 30.7 Å². The van der Waals surface area contributed by atoms with Gasteiger partial charge in [0.05, 0.1) is 6.20 Å². The maximum Gasteiger partial charge on any atom is 0.106 e. The van der Waals surface area contributed by atoms with Gasteiger partial charge in [-0.05, 0) is 36.0 Å². The van der Waals surface area contributed by atoms with Crippen molar-refractivity contribution in [3.8, 4) is 0 Å². The molecule has 1 aromatic carbocycles. The van der Waals surface area contributed by atoms with E-state index in [1.54, 1.807) is 18.5 Å². The maximum absolute atomic E-state index is 10.3. The van der Waals surface area contributed by atoms with Crippen LogP contribution in [0.2, 0.25) is 0 Å². The van der Waals surface area contributed by atoms with Gasteiger partial charge in [-0.2, -0.15) is 10.2 Å². The van der Waals surface area contributed by atoms with E-state index >= 15 is 0 Å². The molecule has 0 saturated heterocycles. The summed E-state index contributed by atoms with van der Waals surface area (Å²) in [5.41, 5.74) is 3.07. The average Bonchev–Trinajstić information content (AvgIpc) is 2.37. The summed E-state index contributed by atoms with van der Waals surface area (Å²) in [4.78, 5) is 0. The number of hydrogen-bond donors (Lipinski definition) is 1. The highest BCUT2D eigenvalue weighted by molar-refractivity contribution is 5.33. The van der Waals surface area contributed by atoms with Crippen LogP contribution in [0.15, 0.2) is 42.7 Å². The van der Waals surface area contributed by atoms with Crippen LogP contribution in [0.4, 0.5) is 0 Å². The largest absolute Gasteiger partial charge is 0.384 e. The SMILES string of the molecule is OC(c1ccnnc1)c1cccc(C2CCC2)c1. The standard InChI is InChI=1S/C15H16N2O/c18-15(14-7-8-16-17-10-14)13-6-2-5-12(9-13)11-3-1-4-11/h2,5-11,15,18H,1,3-4H2. The van der Waals surface area contributed by atoms with Crippen molar-refractivity contribution in [1.82, 2.24) is 10.2 Å². The zero-order valence-electron chi connectivity index (χ0n) is 10.2. The third-order valence-electron chi connectivity index (χ3n) is 3.73. The molecule has 3 rings (SSSR count). The van der Waals surface area contributed by atoms with E-state index in [1.807, 2.05) is 12.1 Å². The molecule has 1 saturated carbocycles. The highest BCUT2D eigenvalue weighted by Gasteiger charge is 2.20. The van der Waals surface area contributed by atoms with Crippen LogP contribution < -0.4 is 0 Å². The molecule has 0 spiro atoms. The number of rotatable bonds is 3. The lowest BCUT2D eigenvalue weighted by Gasteiger charge is -2.26. The molecule has 2 aromatic rings. The van der Waals surface area contributed by atoms with Gasteiger partial charge in [0.25, 0.3) is 0 Å². The van der Waals surface area contributed by atoms with Crippen molar-refractivity contribution in [3.05, 3.63) is 59.4 Å². The van der Waals surface area contributed by atoms with Gasteiger partial charge in [0.1, 0.15) is 6.10 Å². The number of hydrogen-bond acceptors (Lipinski definition) is 3. The molecule has 0 radical (unpaired) electrons. The molecule has 3 nitrogen and oxygen atoms in total. The number of aromatic nitrogens is 2. The zero-order chi connectivity index (χ0) is 12.4. The lowest BCUT2D eigenvalue weighted by atomic mass is 9.79. The first-order valence-corrected chi connectivity index (χ1v) is 6.39. The van der Waals surface area contributed by atoms with E-state index in [2.05, 4.69) is 22.3 Å². The normalized spacial score (nSPS) is 17.2. The van der Waals surface area contributed by atoms with E-state index in [-0.39, 0.29) is 0 Å². The zero-order valence-corrected chi connectivity index (χ0v) is 10.2. The Hall–Kier alpha value is -1.74. The number of benzene rings is 1. The van der Waals surface area contributed by atoms with Crippen molar-refractivity contribution in [2.45, 2.75) is 31.3 Å². The molecule has 1 aliphatic carbocycles. The first kappa shape index (κ1) is 11.4. The van der Waals surface area contributed by atoms with Gasteiger partial charge in [0, 0.05) is 11.8 Å². The molecule has 3 heteroatoms. The smallest absolute Gasteiger partial charge is 0.106 e. The Morgan fingerprint density at radius 3 is 2.67 bits per heavy atom. The monoisotopic (exact) mass is 240 g/mol. The summed E-state index contributed by atoms with van der Waals surface area (Å²) in [7, 11) is 0. The van der Waals surface area contributed by atoms with Crippen LogP contribution in [0.25, 0.3) is 0 Å². The molecule has 1 unspecified atom stereocenters. The van der Waals surface area contributed by atoms with Gasteiger partial charge in [-0.15, -0.1) is 0 Å². The number of aliphatic hydroxyl groups excluding tert-OH is 1. The van der Waals surface area contributed by atoms with E-state index < -0.39 is 6.10 Å². The Morgan fingerprint density at radius 2 is 2.00 bits per heavy atom. The van der Waals surface area contributed by atoms with Crippen molar-refractivity contribution in [2.75, 3.05) is 0 Å². The molecular formula is C15H16N2O. The van der Waals surface area contributed by atoms with Crippen LogP contribution in [0.5, 0.6) is 0 Å². The molecule has 1 N–H and O–H groups in total. The third kappa shape index (κ3) is 2.14. The van der Waals surface area contributed by atoms with Gasteiger partial charge in [0.15, 0.2) is 0 Å². The first-order valence-electron chi connectivity index (χ1n) is 6.39. The number of aliphatic hydroxyl groups is 1. The summed E-state index contributed by atoms with van der Waals surface area (Å²) in [5, 5.41) is 17.9. The molecule has 1 aliphatic rings. The van der Waals surface area contributed by atoms with E-state index in [0.717, 1.165) is 11.1 Å². The molecule has 0 aliphatic heterocycles. The Bertz CT molecular complexity index is 523. The topological polar surface area (TPSA) is 46.0 Å².